The Balaban J connectivity index is 1.51. The van der Waals surface area contributed by atoms with Crippen molar-refractivity contribution in [3.63, 3.8) is 0 Å². The van der Waals surface area contributed by atoms with Gasteiger partial charge in [0.1, 0.15) is 0 Å². The minimum Gasteiger partial charge on any atom is -0.462 e. The molecule has 2 amide bonds. The van der Waals surface area contributed by atoms with Gasteiger partial charge in [0.05, 0.1) is 18.1 Å². The van der Waals surface area contributed by atoms with Crippen LogP contribution < -0.4 is 10.2 Å². The number of amides is 2. The molecular weight excluding hydrogens is 480 g/mol. The van der Waals surface area contributed by atoms with Crippen LogP contribution in [0, 0.1) is 5.92 Å². The van der Waals surface area contributed by atoms with Gasteiger partial charge in [-0.1, -0.05) is 22.9 Å². The summed E-state index contributed by atoms with van der Waals surface area (Å²) in [5.74, 6) is -2.39. The number of nitrogens with one attached hydrogen (secondary N) is 1. The highest BCUT2D eigenvalue weighted by Crippen LogP contribution is 2.26. The summed E-state index contributed by atoms with van der Waals surface area (Å²) in [5.41, 5.74) is 1.55. The van der Waals surface area contributed by atoms with Gasteiger partial charge in [-0.25, -0.2) is 4.79 Å². The minimum atomic E-state index is -0.669. The number of carbonyl (C=O) groups excluding carboxylic acids is 4. The third kappa shape index (κ3) is 6.16. The molecule has 1 aliphatic rings. The van der Waals surface area contributed by atoms with Crippen molar-refractivity contribution in [2.24, 2.45) is 5.92 Å². The van der Waals surface area contributed by atoms with Crippen molar-refractivity contribution >= 4 is 51.1 Å². The number of ether oxygens (including phenoxy) is 2. The van der Waals surface area contributed by atoms with E-state index in [9.17, 15) is 19.2 Å². The van der Waals surface area contributed by atoms with E-state index in [0.717, 1.165) is 10.9 Å². The number of halogens is 1. The lowest BCUT2D eigenvalue weighted by Gasteiger charge is -2.17. The molecule has 8 nitrogen and oxygen atoms in total. The highest BCUT2D eigenvalue weighted by molar-refractivity contribution is 9.10. The molecule has 168 valence electrons. The van der Waals surface area contributed by atoms with E-state index in [4.69, 9.17) is 9.47 Å². The minimum absolute atomic E-state index is 0.00649. The average molecular weight is 503 g/mol. The molecule has 1 N–H and O–H groups in total. The van der Waals surface area contributed by atoms with Crippen LogP contribution in [0.1, 0.15) is 30.1 Å². The van der Waals surface area contributed by atoms with Gasteiger partial charge in [-0.2, -0.15) is 0 Å². The van der Waals surface area contributed by atoms with Crippen molar-refractivity contribution in [2.45, 2.75) is 19.8 Å². The first kappa shape index (κ1) is 23.5. The molecule has 1 atom stereocenters. The van der Waals surface area contributed by atoms with Crippen LogP contribution in [0.15, 0.2) is 53.0 Å². The number of anilines is 2. The predicted octanol–water partition coefficient (Wildman–Crippen LogP) is 3.55. The predicted molar refractivity (Wildman–Crippen MR) is 121 cm³/mol. The first-order valence-corrected chi connectivity index (χ1v) is 11.0. The van der Waals surface area contributed by atoms with E-state index in [1.807, 2.05) is 6.92 Å². The molecule has 0 radical (unpaired) electrons. The summed E-state index contributed by atoms with van der Waals surface area (Å²) >= 11 is 3.31. The summed E-state index contributed by atoms with van der Waals surface area (Å²) in [6, 6.07) is 13.4. The summed E-state index contributed by atoms with van der Waals surface area (Å²) in [6.45, 7) is 1.96. The molecule has 1 saturated heterocycles. The Morgan fingerprint density at radius 1 is 1.06 bits per heavy atom. The molecule has 1 aliphatic heterocycles. The lowest BCUT2D eigenvalue weighted by Crippen LogP contribution is -2.28. The molecule has 3 rings (SSSR count). The lowest BCUT2D eigenvalue weighted by atomic mass is 10.1. The molecule has 9 heteroatoms. The molecule has 0 unspecified atom stereocenters. The maximum atomic E-state index is 12.4. The molecular formula is C23H23BrN2O6. The van der Waals surface area contributed by atoms with Crippen LogP contribution in [0.4, 0.5) is 11.4 Å². The Morgan fingerprint density at radius 3 is 2.41 bits per heavy atom. The van der Waals surface area contributed by atoms with Gasteiger partial charge in [-0.05, 0) is 55.0 Å². The number of benzene rings is 2. The Kier molecular flexibility index (Phi) is 7.99. The van der Waals surface area contributed by atoms with Crippen LogP contribution in [0.3, 0.4) is 0 Å². The normalized spacial score (nSPS) is 15.4. The van der Waals surface area contributed by atoms with Gasteiger partial charge in [0, 0.05) is 28.8 Å². The fraction of sp³-hybridized carbons (Fsp3) is 0.304. The lowest BCUT2D eigenvalue weighted by molar-refractivity contribution is -0.151. The summed E-state index contributed by atoms with van der Waals surface area (Å²) in [6.07, 6.45) is 0.725. The van der Waals surface area contributed by atoms with Crippen molar-refractivity contribution in [3.05, 3.63) is 58.6 Å². The summed E-state index contributed by atoms with van der Waals surface area (Å²) in [4.78, 5) is 50.1. The van der Waals surface area contributed by atoms with Gasteiger partial charge in [0.15, 0.2) is 6.61 Å². The van der Waals surface area contributed by atoms with Gasteiger partial charge in [-0.15, -0.1) is 0 Å². The van der Waals surface area contributed by atoms with E-state index in [0.29, 0.717) is 23.5 Å². The maximum Gasteiger partial charge on any atom is 0.338 e. The van der Waals surface area contributed by atoms with E-state index in [-0.39, 0.29) is 18.9 Å². The van der Waals surface area contributed by atoms with Gasteiger partial charge < -0.3 is 19.7 Å². The Morgan fingerprint density at radius 2 is 1.75 bits per heavy atom. The van der Waals surface area contributed by atoms with E-state index in [1.54, 1.807) is 48.5 Å². The number of hydrogen-bond acceptors (Lipinski definition) is 6. The summed E-state index contributed by atoms with van der Waals surface area (Å²) in [5, 5.41) is 2.63. The fourth-order valence-corrected chi connectivity index (χ4v) is 3.42. The standard InChI is InChI=1S/C23H23BrN2O6/c1-2-11-31-22(29)15-3-9-19(10-4-15)26-13-16(12-21(26)28)23(30)32-14-20(27)25-18-7-5-17(24)6-8-18/h3-10,16H,2,11-14H2,1H3,(H,25,27)/t16-/m1/s1. The zero-order chi connectivity index (χ0) is 23.1. The maximum absolute atomic E-state index is 12.4. The van der Waals surface area contributed by atoms with Crippen molar-refractivity contribution in [2.75, 3.05) is 30.0 Å². The second kappa shape index (κ2) is 10.9. The monoisotopic (exact) mass is 502 g/mol. The van der Waals surface area contributed by atoms with Crippen LogP contribution in [0.2, 0.25) is 0 Å². The quantitative estimate of drug-likeness (QED) is 0.553. The van der Waals surface area contributed by atoms with E-state index >= 15 is 0 Å². The molecule has 0 aromatic heterocycles. The SMILES string of the molecule is CCCOC(=O)c1ccc(N2C[C@H](C(=O)OCC(=O)Nc3ccc(Br)cc3)CC2=O)cc1. The van der Waals surface area contributed by atoms with Gasteiger partial charge in [0.2, 0.25) is 5.91 Å². The molecule has 0 aliphatic carbocycles. The van der Waals surface area contributed by atoms with Crippen LogP contribution in [0.5, 0.6) is 0 Å². The zero-order valence-corrected chi connectivity index (χ0v) is 19.1. The number of nitrogens with zero attached hydrogens (tertiary/aromatic N) is 1. The topological polar surface area (TPSA) is 102 Å². The molecule has 1 fully saturated rings. The van der Waals surface area contributed by atoms with Crippen LogP contribution in [0.25, 0.3) is 0 Å². The van der Waals surface area contributed by atoms with Crippen molar-refractivity contribution in [1.29, 1.82) is 0 Å². The molecule has 1 heterocycles. The smallest absolute Gasteiger partial charge is 0.338 e. The number of rotatable bonds is 8. The second-order valence-electron chi connectivity index (χ2n) is 7.25. The van der Waals surface area contributed by atoms with Crippen LogP contribution in [-0.2, 0) is 23.9 Å². The third-order valence-electron chi connectivity index (χ3n) is 4.78. The van der Waals surface area contributed by atoms with Crippen LogP contribution >= 0.6 is 15.9 Å². The number of carbonyl (C=O) groups is 4. The molecule has 0 bridgehead atoms. The second-order valence-corrected chi connectivity index (χ2v) is 8.17. The molecule has 32 heavy (non-hydrogen) atoms. The van der Waals surface area contributed by atoms with E-state index < -0.39 is 30.4 Å². The molecule has 0 saturated carbocycles. The van der Waals surface area contributed by atoms with Gasteiger partial charge in [0.25, 0.3) is 5.91 Å². The molecule has 2 aromatic carbocycles. The largest absolute Gasteiger partial charge is 0.462 e. The molecule has 2 aromatic rings. The summed E-state index contributed by atoms with van der Waals surface area (Å²) < 4.78 is 11.1. The number of hydrogen-bond donors (Lipinski definition) is 1. The average Bonchev–Trinajstić information content (AvgIpc) is 3.19. The first-order valence-electron chi connectivity index (χ1n) is 10.2. The Labute approximate surface area is 194 Å². The highest BCUT2D eigenvalue weighted by Gasteiger charge is 2.36. The number of esters is 2. The van der Waals surface area contributed by atoms with Crippen molar-refractivity contribution in [1.82, 2.24) is 0 Å². The Bertz CT molecular complexity index is 991. The van der Waals surface area contributed by atoms with E-state index in [1.165, 1.54) is 4.90 Å². The Hall–Kier alpha value is -3.20. The van der Waals surface area contributed by atoms with E-state index in [2.05, 4.69) is 21.2 Å². The highest BCUT2D eigenvalue weighted by atomic mass is 79.9. The zero-order valence-electron chi connectivity index (χ0n) is 17.5. The van der Waals surface area contributed by atoms with Gasteiger partial charge in [-0.3, -0.25) is 14.4 Å². The summed E-state index contributed by atoms with van der Waals surface area (Å²) in [7, 11) is 0. The van der Waals surface area contributed by atoms with Crippen molar-refractivity contribution in [3.8, 4) is 0 Å². The van der Waals surface area contributed by atoms with Crippen molar-refractivity contribution < 1.29 is 28.7 Å². The van der Waals surface area contributed by atoms with Crippen LogP contribution in [-0.4, -0.2) is 43.5 Å². The molecule has 0 spiro atoms. The third-order valence-corrected chi connectivity index (χ3v) is 5.31. The first-order chi connectivity index (χ1) is 15.4. The fourth-order valence-electron chi connectivity index (χ4n) is 3.16. The van der Waals surface area contributed by atoms with Gasteiger partial charge >= 0.3 is 11.9 Å².